The molecule has 0 bridgehead atoms. The van der Waals surface area contributed by atoms with Crippen LogP contribution < -0.4 is 10.1 Å². The summed E-state index contributed by atoms with van der Waals surface area (Å²) in [5.41, 5.74) is 1.38. The summed E-state index contributed by atoms with van der Waals surface area (Å²) in [6.45, 7) is 6.34. The quantitative estimate of drug-likeness (QED) is 0.286. The highest BCUT2D eigenvalue weighted by Gasteiger charge is 2.41. The highest BCUT2D eigenvalue weighted by molar-refractivity contribution is 5.70. The van der Waals surface area contributed by atoms with Crippen molar-refractivity contribution in [3.05, 3.63) is 101 Å². The number of pyridine rings is 1. The Morgan fingerprint density at radius 2 is 1.77 bits per heavy atom. The topological polar surface area (TPSA) is 72.9 Å². The number of carbonyl (C=O) groups is 1. The first-order chi connectivity index (χ1) is 19.0. The molecule has 212 valence electrons. The SMILES string of the molecule is CC1=C(OC(=O)OCCN(C)Cc2ccccc2)C(c2ccccc2C(F)(F)F)c2c(ccnc2OC(C)C)N1. The molecule has 3 aromatic rings. The largest absolute Gasteiger partial charge is 0.513 e. The molecule has 1 aliphatic heterocycles. The number of hydrogen-bond donors (Lipinski definition) is 1. The highest BCUT2D eigenvalue weighted by atomic mass is 19.4. The molecule has 4 rings (SSSR count). The van der Waals surface area contributed by atoms with E-state index in [-0.39, 0.29) is 29.9 Å². The molecule has 40 heavy (non-hydrogen) atoms. The van der Waals surface area contributed by atoms with E-state index in [1.165, 1.54) is 24.4 Å². The van der Waals surface area contributed by atoms with Gasteiger partial charge in [-0.3, -0.25) is 4.90 Å². The Balaban J connectivity index is 1.61. The van der Waals surface area contributed by atoms with Crippen molar-refractivity contribution < 1.29 is 32.2 Å². The number of ether oxygens (including phenoxy) is 3. The highest BCUT2D eigenvalue weighted by Crippen LogP contribution is 2.49. The van der Waals surface area contributed by atoms with Crippen LogP contribution in [0.1, 0.15) is 48.9 Å². The van der Waals surface area contributed by atoms with Gasteiger partial charge in [-0.25, -0.2) is 9.78 Å². The van der Waals surface area contributed by atoms with E-state index in [1.54, 1.807) is 26.8 Å². The van der Waals surface area contributed by atoms with E-state index in [0.29, 0.717) is 30.0 Å². The van der Waals surface area contributed by atoms with Crippen molar-refractivity contribution in [2.24, 2.45) is 0 Å². The molecule has 0 saturated heterocycles. The van der Waals surface area contributed by atoms with Crippen LogP contribution in [0.4, 0.5) is 23.7 Å². The van der Waals surface area contributed by atoms with Crippen molar-refractivity contribution in [1.82, 2.24) is 9.88 Å². The van der Waals surface area contributed by atoms with Crippen LogP contribution in [0.25, 0.3) is 0 Å². The minimum Gasteiger partial charge on any atom is -0.475 e. The van der Waals surface area contributed by atoms with Gasteiger partial charge in [-0.2, -0.15) is 13.2 Å². The Bertz CT molecular complexity index is 1360. The first kappa shape index (κ1) is 28.9. The van der Waals surface area contributed by atoms with Crippen molar-refractivity contribution in [1.29, 1.82) is 0 Å². The first-order valence-electron chi connectivity index (χ1n) is 12.9. The second kappa shape index (κ2) is 12.4. The summed E-state index contributed by atoms with van der Waals surface area (Å²) in [4.78, 5) is 19.1. The van der Waals surface area contributed by atoms with Crippen molar-refractivity contribution in [3.8, 4) is 5.88 Å². The monoisotopic (exact) mass is 555 g/mol. The van der Waals surface area contributed by atoms with Crippen molar-refractivity contribution in [2.45, 2.75) is 45.5 Å². The lowest BCUT2D eigenvalue weighted by atomic mass is 9.83. The van der Waals surface area contributed by atoms with Crippen LogP contribution in [0.15, 0.2) is 78.3 Å². The van der Waals surface area contributed by atoms with E-state index < -0.39 is 23.8 Å². The summed E-state index contributed by atoms with van der Waals surface area (Å²) in [6.07, 6.45) is -4.45. The lowest BCUT2D eigenvalue weighted by molar-refractivity contribution is -0.138. The third-order valence-electron chi connectivity index (χ3n) is 6.30. The standard InChI is InChI=1S/C30H32F3N3O4/c1-19(2)39-28-26-24(14-15-34-28)35-20(3)27(25(26)22-12-8-9-13-23(22)30(31,32)33)40-29(37)38-17-16-36(4)18-21-10-6-5-7-11-21/h5-15,19,25,35H,16-18H2,1-4H3. The fourth-order valence-corrected chi connectivity index (χ4v) is 4.59. The summed E-state index contributed by atoms with van der Waals surface area (Å²) in [5.74, 6) is -1.01. The van der Waals surface area contributed by atoms with Crippen molar-refractivity contribution in [2.75, 3.05) is 25.5 Å². The molecule has 10 heteroatoms. The summed E-state index contributed by atoms with van der Waals surface area (Å²) in [6, 6.07) is 16.7. The molecule has 1 aromatic heterocycles. The molecule has 2 aromatic carbocycles. The van der Waals surface area contributed by atoms with Gasteiger partial charge in [-0.05, 0) is 51.1 Å². The number of likely N-dealkylation sites (N-methyl/N-ethyl adjacent to an activating group) is 1. The Kier molecular flexibility index (Phi) is 8.99. The number of aromatic nitrogens is 1. The Morgan fingerprint density at radius 1 is 1.07 bits per heavy atom. The van der Waals surface area contributed by atoms with Crippen LogP contribution in [0.2, 0.25) is 0 Å². The van der Waals surface area contributed by atoms with E-state index in [9.17, 15) is 18.0 Å². The molecule has 0 aliphatic carbocycles. The van der Waals surface area contributed by atoms with E-state index in [0.717, 1.165) is 11.6 Å². The van der Waals surface area contributed by atoms with Gasteiger partial charge >= 0.3 is 12.3 Å². The van der Waals surface area contributed by atoms with Crippen molar-refractivity contribution in [3.63, 3.8) is 0 Å². The van der Waals surface area contributed by atoms with Gasteiger partial charge in [0.05, 0.1) is 28.8 Å². The van der Waals surface area contributed by atoms with Gasteiger partial charge in [-0.1, -0.05) is 48.5 Å². The smallest absolute Gasteiger partial charge is 0.475 e. The average Bonchev–Trinajstić information content (AvgIpc) is 2.89. The van der Waals surface area contributed by atoms with Gasteiger partial charge in [0.15, 0.2) is 0 Å². The third-order valence-corrected chi connectivity index (χ3v) is 6.30. The van der Waals surface area contributed by atoms with Gasteiger partial charge in [0.2, 0.25) is 5.88 Å². The zero-order valence-electron chi connectivity index (χ0n) is 22.8. The molecule has 1 atom stereocenters. The molecule has 1 aliphatic rings. The summed E-state index contributed by atoms with van der Waals surface area (Å²) in [5, 5.41) is 3.13. The molecule has 0 saturated carbocycles. The Hall–Kier alpha value is -4.05. The maximum absolute atomic E-state index is 14.2. The number of hydrogen-bond acceptors (Lipinski definition) is 7. The number of benzene rings is 2. The lowest BCUT2D eigenvalue weighted by Gasteiger charge is -2.32. The zero-order valence-corrected chi connectivity index (χ0v) is 22.8. The van der Waals surface area contributed by atoms with Crippen LogP contribution in [0.5, 0.6) is 5.88 Å². The molecule has 0 fully saturated rings. The number of halogens is 3. The normalized spacial score (nSPS) is 15.1. The molecular formula is C30H32F3N3O4. The number of alkyl halides is 3. The molecule has 7 nitrogen and oxygen atoms in total. The molecule has 1 unspecified atom stereocenters. The number of fused-ring (bicyclic) bond motifs is 1. The number of carbonyl (C=O) groups excluding carboxylic acids is 1. The predicted molar refractivity (Wildman–Crippen MR) is 145 cm³/mol. The second-order valence-corrected chi connectivity index (χ2v) is 9.80. The van der Waals surface area contributed by atoms with Gasteiger partial charge in [-0.15, -0.1) is 0 Å². The zero-order chi connectivity index (χ0) is 28.9. The number of nitrogens with zero attached hydrogens (tertiary/aromatic N) is 2. The van der Waals surface area contributed by atoms with E-state index in [2.05, 4.69) is 10.3 Å². The number of allylic oxidation sites excluding steroid dienone is 2. The number of rotatable bonds is 9. The fraction of sp³-hybridized carbons (Fsp3) is 0.333. The van der Waals surface area contributed by atoms with Crippen LogP contribution >= 0.6 is 0 Å². The van der Waals surface area contributed by atoms with E-state index in [1.807, 2.05) is 42.3 Å². The van der Waals surface area contributed by atoms with Crippen LogP contribution in [0, 0.1) is 0 Å². The minimum atomic E-state index is -4.65. The summed E-state index contributed by atoms with van der Waals surface area (Å²) < 4.78 is 59.3. The maximum atomic E-state index is 14.2. The molecular weight excluding hydrogens is 523 g/mol. The summed E-state index contributed by atoms with van der Waals surface area (Å²) >= 11 is 0. The van der Waals surface area contributed by atoms with Gasteiger partial charge in [0.25, 0.3) is 0 Å². The minimum absolute atomic E-state index is 0.0200. The molecule has 1 N–H and O–H groups in total. The van der Waals surface area contributed by atoms with Gasteiger partial charge in [0.1, 0.15) is 12.4 Å². The number of nitrogens with one attached hydrogen (secondary N) is 1. The molecule has 2 heterocycles. The molecule has 0 radical (unpaired) electrons. The molecule has 0 amide bonds. The number of anilines is 1. The second-order valence-electron chi connectivity index (χ2n) is 9.80. The van der Waals surface area contributed by atoms with Gasteiger partial charge in [0, 0.05) is 25.0 Å². The fourth-order valence-electron chi connectivity index (χ4n) is 4.59. The maximum Gasteiger partial charge on any atom is 0.513 e. The lowest BCUT2D eigenvalue weighted by Crippen LogP contribution is -2.27. The van der Waals surface area contributed by atoms with Gasteiger partial charge < -0.3 is 19.5 Å². The Labute approximate surface area is 231 Å². The summed E-state index contributed by atoms with van der Waals surface area (Å²) in [7, 11) is 1.89. The Morgan fingerprint density at radius 3 is 2.48 bits per heavy atom. The van der Waals surface area contributed by atoms with Crippen molar-refractivity contribution >= 4 is 11.8 Å². The van der Waals surface area contributed by atoms with Crippen LogP contribution in [0.3, 0.4) is 0 Å². The van der Waals surface area contributed by atoms with E-state index >= 15 is 0 Å². The first-order valence-corrected chi connectivity index (χ1v) is 12.9. The molecule has 0 spiro atoms. The average molecular weight is 556 g/mol. The van der Waals surface area contributed by atoms with Crippen LogP contribution in [-0.2, 0) is 22.2 Å². The van der Waals surface area contributed by atoms with Crippen LogP contribution in [-0.4, -0.2) is 42.3 Å². The van der Waals surface area contributed by atoms with E-state index in [4.69, 9.17) is 14.2 Å². The predicted octanol–water partition coefficient (Wildman–Crippen LogP) is 6.96. The third kappa shape index (κ3) is 6.93.